The fourth-order valence-corrected chi connectivity index (χ4v) is 3.75. The largest absolute Gasteiger partial charge is 0.314 e. The lowest BCUT2D eigenvalue weighted by molar-refractivity contribution is 0.377. The fraction of sp³-hybridized carbons (Fsp3) is 1.00. The van der Waals surface area contributed by atoms with Crippen LogP contribution in [0.25, 0.3) is 0 Å². The van der Waals surface area contributed by atoms with Crippen molar-refractivity contribution in [3.8, 4) is 0 Å². The van der Waals surface area contributed by atoms with Gasteiger partial charge in [-0.15, -0.1) is 0 Å². The molecule has 0 aromatic rings. The number of nitrogens with one attached hydrogen (secondary N) is 1. The minimum Gasteiger partial charge on any atom is -0.314 e. The van der Waals surface area contributed by atoms with Crippen molar-refractivity contribution in [3.05, 3.63) is 0 Å². The Bertz CT molecular complexity index is 246. The molecule has 1 aliphatic carbocycles. The summed E-state index contributed by atoms with van der Waals surface area (Å²) in [6.07, 6.45) is 17.3. The average molecular weight is 296 g/mol. The van der Waals surface area contributed by atoms with E-state index in [1.165, 1.54) is 77.0 Å². The van der Waals surface area contributed by atoms with E-state index in [1.54, 1.807) is 0 Å². The topological polar surface area (TPSA) is 12.0 Å². The smallest absolute Gasteiger partial charge is 0.0100 e. The molecule has 126 valence electrons. The van der Waals surface area contributed by atoms with E-state index in [9.17, 15) is 0 Å². The van der Waals surface area contributed by atoms with E-state index in [0.717, 1.165) is 18.5 Å². The quantitative estimate of drug-likeness (QED) is 0.370. The Morgan fingerprint density at radius 2 is 1.33 bits per heavy atom. The fourth-order valence-electron chi connectivity index (χ4n) is 3.75. The Morgan fingerprint density at radius 1 is 0.857 bits per heavy atom. The third-order valence-corrected chi connectivity index (χ3v) is 5.41. The van der Waals surface area contributed by atoms with Crippen LogP contribution in [0, 0.1) is 11.3 Å². The molecule has 1 nitrogen and oxygen atoms in total. The second kappa shape index (κ2) is 10.6. The van der Waals surface area contributed by atoms with Gasteiger partial charge in [-0.25, -0.2) is 0 Å². The first-order valence-corrected chi connectivity index (χ1v) is 9.85. The van der Waals surface area contributed by atoms with E-state index in [-0.39, 0.29) is 0 Å². The summed E-state index contributed by atoms with van der Waals surface area (Å²) in [5.74, 6) is 0.941. The molecule has 0 bridgehead atoms. The van der Waals surface area contributed by atoms with E-state index in [2.05, 4.69) is 33.0 Å². The highest BCUT2D eigenvalue weighted by molar-refractivity contribution is 5.01. The van der Waals surface area contributed by atoms with Gasteiger partial charge in [-0.2, -0.15) is 0 Å². The van der Waals surface area contributed by atoms with Crippen molar-refractivity contribution in [3.63, 3.8) is 0 Å². The molecule has 2 unspecified atom stereocenters. The molecule has 1 saturated carbocycles. The number of unbranched alkanes of at least 4 members (excludes halogenated alkanes) is 9. The van der Waals surface area contributed by atoms with E-state index >= 15 is 0 Å². The molecule has 1 heteroatoms. The van der Waals surface area contributed by atoms with Crippen molar-refractivity contribution in [2.24, 2.45) is 11.3 Å². The van der Waals surface area contributed by atoms with Crippen LogP contribution in [0.3, 0.4) is 0 Å². The molecule has 0 aromatic heterocycles. The van der Waals surface area contributed by atoms with Crippen LogP contribution in [-0.2, 0) is 0 Å². The molecule has 0 saturated heterocycles. The highest BCUT2D eigenvalue weighted by atomic mass is 14.9. The van der Waals surface area contributed by atoms with Gasteiger partial charge >= 0.3 is 0 Å². The Hall–Kier alpha value is -0.0400. The maximum absolute atomic E-state index is 3.73. The van der Waals surface area contributed by atoms with Gasteiger partial charge < -0.3 is 5.32 Å². The molecule has 1 N–H and O–H groups in total. The maximum Gasteiger partial charge on any atom is 0.0100 e. The number of hydrogen-bond donors (Lipinski definition) is 1. The summed E-state index contributed by atoms with van der Waals surface area (Å²) in [7, 11) is 0. The molecule has 0 amide bonds. The van der Waals surface area contributed by atoms with Crippen LogP contribution in [-0.4, -0.2) is 12.6 Å². The van der Waals surface area contributed by atoms with Gasteiger partial charge in [0.25, 0.3) is 0 Å². The zero-order valence-electron chi connectivity index (χ0n) is 15.3. The SMILES string of the molecule is CCCCCCCCCCCCC(NCC)C1CC1(C)C. The molecule has 0 spiro atoms. The van der Waals surface area contributed by atoms with Crippen molar-refractivity contribution < 1.29 is 0 Å². The summed E-state index contributed by atoms with van der Waals surface area (Å²) < 4.78 is 0. The Kier molecular flexibility index (Phi) is 9.64. The molecule has 1 aliphatic rings. The number of rotatable bonds is 14. The van der Waals surface area contributed by atoms with Crippen LogP contribution >= 0.6 is 0 Å². The lowest BCUT2D eigenvalue weighted by Crippen LogP contribution is -2.32. The summed E-state index contributed by atoms with van der Waals surface area (Å²) in [6.45, 7) is 10.5. The highest BCUT2D eigenvalue weighted by Gasteiger charge is 2.49. The van der Waals surface area contributed by atoms with Gasteiger partial charge in [0.2, 0.25) is 0 Å². The predicted molar refractivity (Wildman–Crippen MR) is 95.8 cm³/mol. The molecule has 0 radical (unpaired) electrons. The summed E-state index contributed by atoms with van der Waals surface area (Å²) >= 11 is 0. The van der Waals surface area contributed by atoms with E-state index in [1.807, 2.05) is 0 Å². The molecular weight excluding hydrogens is 254 g/mol. The van der Waals surface area contributed by atoms with Crippen LogP contribution < -0.4 is 5.32 Å². The van der Waals surface area contributed by atoms with Crippen molar-refractivity contribution >= 4 is 0 Å². The minimum atomic E-state index is 0.616. The third kappa shape index (κ3) is 8.24. The molecule has 1 fully saturated rings. The summed E-state index contributed by atoms with van der Waals surface area (Å²) in [5.41, 5.74) is 0.616. The summed E-state index contributed by atoms with van der Waals surface area (Å²) in [4.78, 5) is 0. The Balaban J connectivity index is 1.92. The monoisotopic (exact) mass is 295 g/mol. The molecule has 0 aromatic carbocycles. The van der Waals surface area contributed by atoms with Crippen LogP contribution in [0.4, 0.5) is 0 Å². The Labute approximate surface area is 134 Å². The highest BCUT2D eigenvalue weighted by Crippen LogP contribution is 2.54. The van der Waals surface area contributed by atoms with Gasteiger partial charge in [0.05, 0.1) is 0 Å². The van der Waals surface area contributed by atoms with Crippen LogP contribution in [0.5, 0.6) is 0 Å². The van der Waals surface area contributed by atoms with E-state index < -0.39 is 0 Å². The lowest BCUT2D eigenvalue weighted by atomic mass is 9.97. The minimum absolute atomic E-state index is 0.616. The number of hydrogen-bond acceptors (Lipinski definition) is 1. The van der Waals surface area contributed by atoms with Gasteiger partial charge in [-0.3, -0.25) is 0 Å². The molecule has 2 atom stereocenters. The van der Waals surface area contributed by atoms with Crippen LogP contribution in [0.1, 0.15) is 105 Å². The van der Waals surface area contributed by atoms with E-state index in [4.69, 9.17) is 0 Å². The third-order valence-electron chi connectivity index (χ3n) is 5.41. The van der Waals surface area contributed by atoms with Crippen molar-refractivity contribution in [2.45, 2.75) is 111 Å². The van der Waals surface area contributed by atoms with Gasteiger partial charge in [0.1, 0.15) is 0 Å². The first kappa shape index (κ1) is 19.0. The van der Waals surface area contributed by atoms with Crippen LogP contribution in [0.15, 0.2) is 0 Å². The lowest BCUT2D eigenvalue weighted by Gasteiger charge is -2.19. The van der Waals surface area contributed by atoms with Gasteiger partial charge in [-0.05, 0) is 30.7 Å². The second-order valence-electron chi connectivity index (χ2n) is 7.93. The maximum atomic E-state index is 3.73. The zero-order chi connectivity index (χ0) is 15.6. The standard InChI is InChI=1S/C20H41N/c1-5-7-8-9-10-11-12-13-14-15-16-19(21-6-2)18-17-20(18,3)4/h18-19,21H,5-17H2,1-4H3. The molecule has 1 rings (SSSR count). The van der Waals surface area contributed by atoms with Gasteiger partial charge in [0.15, 0.2) is 0 Å². The molecular formula is C20H41N. The van der Waals surface area contributed by atoms with E-state index in [0.29, 0.717) is 5.41 Å². The van der Waals surface area contributed by atoms with Gasteiger partial charge in [0, 0.05) is 6.04 Å². The Morgan fingerprint density at radius 3 is 1.76 bits per heavy atom. The molecule has 0 aliphatic heterocycles. The van der Waals surface area contributed by atoms with Gasteiger partial charge in [-0.1, -0.05) is 91.9 Å². The average Bonchev–Trinajstić information content (AvgIpc) is 3.08. The van der Waals surface area contributed by atoms with Crippen molar-refractivity contribution in [1.29, 1.82) is 0 Å². The second-order valence-corrected chi connectivity index (χ2v) is 7.93. The first-order chi connectivity index (χ1) is 10.1. The first-order valence-electron chi connectivity index (χ1n) is 9.85. The summed E-state index contributed by atoms with van der Waals surface area (Å²) in [6, 6.07) is 0.791. The summed E-state index contributed by atoms with van der Waals surface area (Å²) in [5, 5.41) is 3.73. The molecule has 0 heterocycles. The van der Waals surface area contributed by atoms with Crippen LogP contribution in [0.2, 0.25) is 0 Å². The normalized spacial score (nSPS) is 21.4. The predicted octanol–water partition coefficient (Wildman–Crippen LogP) is 6.32. The van der Waals surface area contributed by atoms with Crippen molar-refractivity contribution in [2.75, 3.05) is 6.54 Å². The van der Waals surface area contributed by atoms with Crippen molar-refractivity contribution in [1.82, 2.24) is 5.32 Å². The zero-order valence-corrected chi connectivity index (χ0v) is 15.3. The molecule has 21 heavy (non-hydrogen) atoms.